The van der Waals surface area contributed by atoms with Crippen molar-refractivity contribution in [1.29, 1.82) is 0 Å². The Labute approximate surface area is 120 Å². The molecule has 0 aliphatic heterocycles. The van der Waals surface area contributed by atoms with Crippen molar-refractivity contribution in [2.75, 3.05) is 0 Å². The largest absolute Gasteiger partial charge is 0.320 e. The van der Waals surface area contributed by atoms with E-state index in [1.165, 1.54) is 5.56 Å². The lowest BCUT2D eigenvalue weighted by Crippen LogP contribution is -2.12. The molecule has 0 aliphatic carbocycles. The van der Waals surface area contributed by atoms with Crippen molar-refractivity contribution in [3.63, 3.8) is 0 Å². The monoisotopic (exact) mass is 273 g/mol. The van der Waals surface area contributed by atoms with Gasteiger partial charge in [-0.25, -0.2) is 0 Å². The molecule has 2 aromatic carbocycles. The molecule has 19 heavy (non-hydrogen) atoms. The van der Waals surface area contributed by atoms with Crippen molar-refractivity contribution in [2.45, 2.75) is 32.7 Å². The van der Waals surface area contributed by atoms with Crippen LogP contribution in [0, 0.1) is 6.92 Å². The SMILES string of the molecule is CCCc1ccc(C(N)c2ccc(C)cc2Cl)cc1. The average Bonchev–Trinajstić information content (AvgIpc) is 2.39. The molecule has 0 radical (unpaired) electrons. The second-order valence-electron chi connectivity index (χ2n) is 4.99. The van der Waals surface area contributed by atoms with Gasteiger partial charge in [0.05, 0.1) is 6.04 Å². The van der Waals surface area contributed by atoms with E-state index in [1.807, 2.05) is 25.1 Å². The smallest absolute Gasteiger partial charge is 0.0566 e. The first kappa shape index (κ1) is 14.1. The molecular formula is C17H20ClN. The minimum Gasteiger partial charge on any atom is -0.320 e. The number of rotatable bonds is 4. The van der Waals surface area contributed by atoms with Gasteiger partial charge in [-0.3, -0.25) is 0 Å². The Morgan fingerprint density at radius 2 is 1.79 bits per heavy atom. The standard InChI is InChI=1S/C17H20ClN/c1-3-4-13-6-8-14(9-7-13)17(19)15-10-5-12(2)11-16(15)18/h5-11,17H,3-4,19H2,1-2H3. The van der Waals surface area contributed by atoms with Crippen LogP contribution in [0.1, 0.15) is 41.6 Å². The second-order valence-corrected chi connectivity index (χ2v) is 5.40. The van der Waals surface area contributed by atoms with Crippen molar-refractivity contribution < 1.29 is 0 Å². The molecule has 0 amide bonds. The number of aryl methyl sites for hydroxylation is 2. The Bertz CT molecular complexity index is 546. The summed E-state index contributed by atoms with van der Waals surface area (Å²) in [5.41, 5.74) is 10.9. The highest BCUT2D eigenvalue weighted by Gasteiger charge is 2.12. The van der Waals surface area contributed by atoms with Gasteiger partial charge >= 0.3 is 0 Å². The summed E-state index contributed by atoms with van der Waals surface area (Å²) in [4.78, 5) is 0. The molecule has 0 fully saturated rings. The molecule has 2 aromatic rings. The fourth-order valence-electron chi connectivity index (χ4n) is 2.24. The normalized spacial score (nSPS) is 12.4. The lowest BCUT2D eigenvalue weighted by Gasteiger charge is -2.15. The highest BCUT2D eigenvalue weighted by Crippen LogP contribution is 2.27. The second kappa shape index (κ2) is 6.23. The third kappa shape index (κ3) is 3.37. The van der Waals surface area contributed by atoms with Gasteiger partial charge in [0.1, 0.15) is 0 Å². The van der Waals surface area contributed by atoms with Gasteiger partial charge in [-0.2, -0.15) is 0 Å². The minimum absolute atomic E-state index is 0.163. The number of nitrogens with two attached hydrogens (primary N) is 1. The van der Waals surface area contributed by atoms with Crippen LogP contribution in [0.15, 0.2) is 42.5 Å². The van der Waals surface area contributed by atoms with Crippen LogP contribution in [-0.4, -0.2) is 0 Å². The Hall–Kier alpha value is -1.31. The number of benzene rings is 2. The fraction of sp³-hybridized carbons (Fsp3) is 0.294. The van der Waals surface area contributed by atoms with E-state index in [1.54, 1.807) is 0 Å². The molecule has 0 heterocycles. The molecule has 0 spiro atoms. The summed E-state index contributed by atoms with van der Waals surface area (Å²) in [5.74, 6) is 0. The number of hydrogen-bond acceptors (Lipinski definition) is 1. The first-order valence-electron chi connectivity index (χ1n) is 6.72. The molecule has 0 saturated heterocycles. The van der Waals surface area contributed by atoms with Crippen molar-refractivity contribution >= 4 is 11.6 Å². The van der Waals surface area contributed by atoms with Crippen LogP contribution >= 0.6 is 11.6 Å². The van der Waals surface area contributed by atoms with Gasteiger partial charge in [-0.05, 0) is 41.7 Å². The molecule has 1 nitrogen and oxygen atoms in total. The summed E-state index contributed by atoms with van der Waals surface area (Å²) >= 11 is 6.28. The van der Waals surface area contributed by atoms with Crippen LogP contribution in [0.5, 0.6) is 0 Å². The number of halogens is 1. The van der Waals surface area contributed by atoms with Gasteiger partial charge < -0.3 is 5.73 Å². The van der Waals surface area contributed by atoms with Gasteiger partial charge in [0.25, 0.3) is 0 Å². The molecule has 0 aromatic heterocycles. The Morgan fingerprint density at radius 3 is 2.37 bits per heavy atom. The summed E-state index contributed by atoms with van der Waals surface area (Å²) in [6.07, 6.45) is 2.27. The van der Waals surface area contributed by atoms with Crippen LogP contribution in [0.2, 0.25) is 5.02 Å². The van der Waals surface area contributed by atoms with Gasteiger partial charge in [0.2, 0.25) is 0 Å². The predicted octanol–water partition coefficient (Wildman–Crippen LogP) is 4.65. The Kier molecular flexibility index (Phi) is 4.62. The highest BCUT2D eigenvalue weighted by atomic mass is 35.5. The van der Waals surface area contributed by atoms with Crippen molar-refractivity contribution in [3.05, 3.63) is 69.7 Å². The molecule has 2 rings (SSSR count). The lowest BCUT2D eigenvalue weighted by atomic mass is 9.97. The van der Waals surface area contributed by atoms with Crippen LogP contribution in [0.3, 0.4) is 0 Å². The first-order valence-corrected chi connectivity index (χ1v) is 7.10. The van der Waals surface area contributed by atoms with Crippen LogP contribution < -0.4 is 5.73 Å². The van der Waals surface area contributed by atoms with E-state index in [9.17, 15) is 0 Å². The van der Waals surface area contributed by atoms with Crippen LogP contribution in [0.4, 0.5) is 0 Å². The van der Waals surface area contributed by atoms with E-state index < -0.39 is 0 Å². The molecule has 2 N–H and O–H groups in total. The average molecular weight is 274 g/mol. The number of hydrogen-bond donors (Lipinski definition) is 1. The molecule has 1 unspecified atom stereocenters. The maximum atomic E-state index is 6.31. The topological polar surface area (TPSA) is 26.0 Å². The van der Waals surface area contributed by atoms with E-state index in [0.29, 0.717) is 0 Å². The summed E-state index contributed by atoms with van der Waals surface area (Å²) < 4.78 is 0. The summed E-state index contributed by atoms with van der Waals surface area (Å²) in [6.45, 7) is 4.21. The predicted molar refractivity (Wildman–Crippen MR) is 82.7 cm³/mol. The van der Waals surface area contributed by atoms with E-state index in [-0.39, 0.29) is 6.04 Å². The van der Waals surface area contributed by atoms with Gasteiger partial charge in [-0.15, -0.1) is 0 Å². The first-order chi connectivity index (χ1) is 9.11. The molecule has 0 saturated carbocycles. The molecule has 2 heteroatoms. The maximum absolute atomic E-state index is 6.31. The van der Waals surface area contributed by atoms with E-state index in [2.05, 4.69) is 31.2 Å². The Morgan fingerprint density at radius 1 is 1.11 bits per heavy atom. The summed E-state index contributed by atoms with van der Waals surface area (Å²) in [7, 11) is 0. The lowest BCUT2D eigenvalue weighted by molar-refractivity contribution is 0.865. The van der Waals surface area contributed by atoms with E-state index >= 15 is 0 Å². The van der Waals surface area contributed by atoms with E-state index in [4.69, 9.17) is 17.3 Å². The third-order valence-electron chi connectivity index (χ3n) is 3.37. The summed E-state index contributed by atoms with van der Waals surface area (Å²) in [6, 6.07) is 14.4. The van der Waals surface area contributed by atoms with E-state index in [0.717, 1.165) is 34.6 Å². The van der Waals surface area contributed by atoms with Crippen molar-refractivity contribution in [2.24, 2.45) is 5.73 Å². The zero-order valence-corrected chi connectivity index (χ0v) is 12.2. The molecule has 1 atom stereocenters. The van der Waals surface area contributed by atoms with Gasteiger partial charge in [0, 0.05) is 5.02 Å². The van der Waals surface area contributed by atoms with Gasteiger partial charge in [0.15, 0.2) is 0 Å². The van der Waals surface area contributed by atoms with Crippen LogP contribution in [-0.2, 0) is 6.42 Å². The third-order valence-corrected chi connectivity index (χ3v) is 3.70. The molecule has 100 valence electrons. The van der Waals surface area contributed by atoms with Crippen molar-refractivity contribution in [1.82, 2.24) is 0 Å². The highest BCUT2D eigenvalue weighted by molar-refractivity contribution is 6.31. The minimum atomic E-state index is -0.163. The zero-order valence-electron chi connectivity index (χ0n) is 11.5. The van der Waals surface area contributed by atoms with Crippen LogP contribution in [0.25, 0.3) is 0 Å². The Balaban J connectivity index is 2.25. The summed E-state index contributed by atoms with van der Waals surface area (Å²) in [5, 5.41) is 0.741. The zero-order chi connectivity index (χ0) is 13.8. The molecular weight excluding hydrogens is 254 g/mol. The fourth-order valence-corrected chi connectivity index (χ4v) is 2.60. The maximum Gasteiger partial charge on any atom is 0.0566 e. The van der Waals surface area contributed by atoms with Crippen molar-refractivity contribution in [3.8, 4) is 0 Å². The molecule has 0 bridgehead atoms. The van der Waals surface area contributed by atoms with Gasteiger partial charge in [-0.1, -0.05) is 61.3 Å². The molecule has 0 aliphatic rings. The quantitative estimate of drug-likeness (QED) is 0.862.